The van der Waals surface area contributed by atoms with Gasteiger partial charge >= 0.3 is 0 Å². The number of nitrogens with one attached hydrogen (secondary N) is 1. The lowest BCUT2D eigenvalue weighted by Crippen LogP contribution is -2.44. The fourth-order valence-electron chi connectivity index (χ4n) is 2.19. The third kappa shape index (κ3) is 3.83. The maximum absolute atomic E-state index is 10.3. The molecule has 0 aromatic heterocycles. The second-order valence-electron chi connectivity index (χ2n) is 4.93. The third-order valence-corrected chi connectivity index (χ3v) is 3.48. The molecule has 0 aliphatic carbocycles. The summed E-state index contributed by atoms with van der Waals surface area (Å²) in [6.07, 6.45) is 1.29. The molecule has 2 rings (SSSR count). The lowest BCUT2D eigenvalue weighted by atomic mass is 9.94. The molecule has 5 nitrogen and oxygen atoms in total. The van der Waals surface area contributed by atoms with Gasteiger partial charge in [0.25, 0.3) is 0 Å². The first-order valence-corrected chi connectivity index (χ1v) is 6.50. The highest BCUT2D eigenvalue weighted by Gasteiger charge is 2.29. The van der Waals surface area contributed by atoms with Gasteiger partial charge in [0.15, 0.2) is 0 Å². The molecule has 106 valence electrons. The smallest absolute Gasteiger partial charge is 0.120 e. The monoisotopic (exact) mass is 267 g/mol. The van der Waals surface area contributed by atoms with Crippen LogP contribution >= 0.6 is 0 Å². The van der Waals surface area contributed by atoms with E-state index < -0.39 is 5.60 Å². The standard InChI is InChI=1S/C14H21NO4/c1-18-12-2-3-13(16)11(8-12)9-15-10-14(17)4-6-19-7-5-14/h2-3,8,15-17H,4-7,9-10H2,1H3. The molecule has 0 saturated carbocycles. The molecule has 0 radical (unpaired) electrons. The molecule has 1 aromatic carbocycles. The van der Waals surface area contributed by atoms with Crippen molar-refractivity contribution in [1.29, 1.82) is 0 Å². The molecule has 1 saturated heterocycles. The predicted molar refractivity (Wildman–Crippen MR) is 71.4 cm³/mol. The molecule has 1 fully saturated rings. The Kier molecular flexibility index (Phi) is 4.63. The van der Waals surface area contributed by atoms with E-state index in [0.29, 0.717) is 44.9 Å². The second-order valence-corrected chi connectivity index (χ2v) is 4.93. The van der Waals surface area contributed by atoms with Crippen LogP contribution in [0.15, 0.2) is 18.2 Å². The summed E-state index contributed by atoms with van der Waals surface area (Å²) in [5.41, 5.74) is 0.0576. The maximum Gasteiger partial charge on any atom is 0.120 e. The molecule has 1 aliphatic heterocycles. The van der Waals surface area contributed by atoms with E-state index in [9.17, 15) is 10.2 Å². The Morgan fingerprint density at radius 3 is 2.79 bits per heavy atom. The first kappa shape index (κ1) is 14.1. The van der Waals surface area contributed by atoms with Crippen LogP contribution in [0.3, 0.4) is 0 Å². The lowest BCUT2D eigenvalue weighted by molar-refractivity contribution is -0.0617. The van der Waals surface area contributed by atoms with E-state index in [2.05, 4.69) is 5.32 Å². The molecule has 3 N–H and O–H groups in total. The molecule has 5 heteroatoms. The molecule has 0 bridgehead atoms. The van der Waals surface area contributed by atoms with E-state index in [1.807, 2.05) is 0 Å². The summed E-state index contributed by atoms with van der Waals surface area (Å²) in [4.78, 5) is 0. The number of hydrogen-bond donors (Lipinski definition) is 3. The van der Waals surface area contributed by atoms with Gasteiger partial charge in [-0.05, 0) is 18.2 Å². The summed E-state index contributed by atoms with van der Waals surface area (Å²) < 4.78 is 10.4. The van der Waals surface area contributed by atoms with Gasteiger partial charge < -0.3 is 25.0 Å². The van der Waals surface area contributed by atoms with Crippen molar-refractivity contribution in [2.75, 3.05) is 26.9 Å². The van der Waals surface area contributed by atoms with Gasteiger partial charge in [0, 0.05) is 44.7 Å². The van der Waals surface area contributed by atoms with E-state index in [4.69, 9.17) is 9.47 Å². The van der Waals surface area contributed by atoms with Crippen LogP contribution in [0, 0.1) is 0 Å². The van der Waals surface area contributed by atoms with Gasteiger partial charge in [0.05, 0.1) is 12.7 Å². The quantitative estimate of drug-likeness (QED) is 0.743. The minimum Gasteiger partial charge on any atom is -0.508 e. The summed E-state index contributed by atoms with van der Waals surface area (Å²) in [5, 5.41) is 23.2. The van der Waals surface area contributed by atoms with Crippen LogP contribution in [0.1, 0.15) is 18.4 Å². The first-order valence-electron chi connectivity index (χ1n) is 6.50. The average Bonchev–Trinajstić information content (AvgIpc) is 2.41. The van der Waals surface area contributed by atoms with Gasteiger partial charge in [-0.25, -0.2) is 0 Å². The van der Waals surface area contributed by atoms with E-state index in [1.54, 1.807) is 25.3 Å². The van der Waals surface area contributed by atoms with Crippen LogP contribution in [0.4, 0.5) is 0 Å². The molecule has 0 unspecified atom stereocenters. The first-order chi connectivity index (χ1) is 9.13. The highest BCUT2D eigenvalue weighted by molar-refractivity contribution is 5.39. The largest absolute Gasteiger partial charge is 0.508 e. The number of aliphatic hydroxyl groups is 1. The number of hydrogen-bond acceptors (Lipinski definition) is 5. The van der Waals surface area contributed by atoms with Crippen LogP contribution in [0.25, 0.3) is 0 Å². The minimum atomic E-state index is -0.702. The topological polar surface area (TPSA) is 71.0 Å². The Morgan fingerprint density at radius 2 is 2.11 bits per heavy atom. The van der Waals surface area contributed by atoms with Crippen molar-refractivity contribution >= 4 is 0 Å². The maximum atomic E-state index is 10.3. The Balaban J connectivity index is 1.88. The molecular weight excluding hydrogens is 246 g/mol. The van der Waals surface area contributed by atoms with Gasteiger partial charge in [-0.15, -0.1) is 0 Å². The molecule has 0 spiro atoms. The van der Waals surface area contributed by atoms with E-state index in [1.165, 1.54) is 0 Å². The highest BCUT2D eigenvalue weighted by Crippen LogP contribution is 2.23. The van der Waals surface area contributed by atoms with Crippen LogP contribution in [-0.4, -0.2) is 42.7 Å². The SMILES string of the molecule is COc1ccc(O)c(CNCC2(O)CCOCC2)c1. The number of aromatic hydroxyl groups is 1. The summed E-state index contributed by atoms with van der Waals surface area (Å²) in [7, 11) is 1.59. The number of ether oxygens (including phenoxy) is 2. The lowest BCUT2D eigenvalue weighted by Gasteiger charge is -2.32. The van der Waals surface area contributed by atoms with Gasteiger partial charge in [0.1, 0.15) is 11.5 Å². The van der Waals surface area contributed by atoms with Gasteiger partial charge in [0.2, 0.25) is 0 Å². The molecule has 1 aliphatic rings. The fraction of sp³-hybridized carbons (Fsp3) is 0.571. The Bertz CT molecular complexity index is 416. The zero-order valence-electron chi connectivity index (χ0n) is 11.2. The molecule has 0 atom stereocenters. The van der Waals surface area contributed by atoms with Crippen molar-refractivity contribution in [2.45, 2.75) is 25.0 Å². The van der Waals surface area contributed by atoms with E-state index >= 15 is 0 Å². The second kappa shape index (κ2) is 6.23. The van der Waals surface area contributed by atoms with Gasteiger partial charge in [-0.2, -0.15) is 0 Å². The number of phenols is 1. The van der Waals surface area contributed by atoms with E-state index in [-0.39, 0.29) is 5.75 Å². The summed E-state index contributed by atoms with van der Waals surface area (Å²) in [6.45, 7) is 2.18. The van der Waals surface area contributed by atoms with Crippen molar-refractivity contribution in [3.05, 3.63) is 23.8 Å². The van der Waals surface area contributed by atoms with Crippen LogP contribution in [0.5, 0.6) is 11.5 Å². The van der Waals surface area contributed by atoms with Crippen molar-refractivity contribution in [2.24, 2.45) is 0 Å². The number of methoxy groups -OCH3 is 1. The summed E-state index contributed by atoms with van der Waals surface area (Å²) >= 11 is 0. The van der Waals surface area contributed by atoms with Crippen LogP contribution < -0.4 is 10.1 Å². The minimum absolute atomic E-state index is 0.229. The Morgan fingerprint density at radius 1 is 1.37 bits per heavy atom. The number of benzene rings is 1. The van der Waals surface area contributed by atoms with Gasteiger partial charge in [-0.1, -0.05) is 0 Å². The molecule has 19 heavy (non-hydrogen) atoms. The zero-order valence-corrected chi connectivity index (χ0v) is 11.2. The highest BCUT2D eigenvalue weighted by atomic mass is 16.5. The van der Waals surface area contributed by atoms with Crippen LogP contribution in [-0.2, 0) is 11.3 Å². The zero-order chi connectivity index (χ0) is 13.7. The third-order valence-electron chi connectivity index (χ3n) is 3.48. The predicted octanol–water partition coefficient (Wildman–Crippen LogP) is 1.03. The summed E-state index contributed by atoms with van der Waals surface area (Å²) in [5.74, 6) is 0.937. The van der Waals surface area contributed by atoms with Crippen molar-refractivity contribution in [1.82, 2.24) is 5.32 Å². The normalized spacial score (nSPS) is 18.2. The number of rotatable bonds is 5. The van der Waals surface area contributed by atoms with Crippen molar-refractivity contribution in [3.8, 4) is 11.5 Å². The molecule has 0 amide bonds. The fourth-order valence-corrected chi connectivity index (χ4v) is 2.19. The van der Waals surface area contributed by atoms with Crippen LogP contribution in [0.2, 0.25) is 0 Å². The van der Waals surface area contributed by atoms with Gasteiger partial charge in [-0.3, -0.25) is 0 Å². The average molecular weight is 267 g/mol. The Hall–Kier alpha value is -1.30. The number of phenolic OH excluding ortho intramolecular Hbond substituents is 1. The summed E-state index contributed by atoms with van der Waals surface area (Å²) in [6, 6.07) is 5.11. The molecule has 1 heterocycles. The van der Waals surface area contributed by atoms with Crippen molar-refractivity contribution in [3.63, 3.8) is 0 Å². The molecule has 1 aromatic rings. The molecular formula is C14H21NO4. The Labute approximate surface area is 113 Å². The van der Waals surface area contributed by atoms with Crippen molar-refractivity contribution < 1.29 is 19.7 Å². The van der Waals surface area contributed by atoms with E-state index in [0.717, 1.165) is 5.56 Å².